The normalized spacial score (nSPS) is 14.8. The van der Waals surface area contributed by atoms with Crippen molar-refractivity contribution < 1.29 is 9.18 Å². The van der Waals surface area contributed by atoms with E-state index < -0.39 is 0 Å². The smallest absolute Gasteiger partial charge is 0.219 e. The number of aryl methyl sites for hydroxylation is 2. The van der Waals surface area contributed by atoms with Crippen LogP contribution >= 0.6 is 0 Å². The van der Waals surface area contributed by atoms with Gasteiger partial charge in [-0.25, -0.2) is 9.37 Å². The fourth-order valence-corrected chi connectivity index (χ4v) is 3.66. The predicted molar refractivity (Wildman–Crippen MR) is 102 cm³/mol. The molecule has 1 saturated heterocycles. The first-order chi connectivity index (χ1) is 12.9. The summed E-state index contributed by atoms with van der Waals surface area (Å²) >= 11 is 0. The van der Waals surface area contributed by atoms with E-state index in [9.17, 15) is 9.18 Å². The number of fused-ring (bicyclic) bond motifs is 1. The lowest BCUT2D eigenvalue weighted by Crippen LogP contribution is -2.48. The van der Waals surface area contributed by atoms with Crippen LogP contribution in [-0.2, 0) is 4.79 Å². The highest BCUT2D eigenvalue weighted by atomic mass is 19.1. The fraction of sp³-hybridized carbons (Fsp3) is 0.350. The number of aromatic nitrogens is 3. The largest absolute Gasteiger partial charge is 0.353 e. The van der Waals surface area contributed by atoms with Crippen LogP contribution in [0, 0.1) is 19.7 Å². The lowest BCUT2D eigenvalue weighted by Gasteiger charge is -2.35. The molecule has 0 N–H and O–H groups in total. The average molecular weight is 367 g/mol. The summed E-state index contributed by atoms with van der Waals surface area (Å²) in [6.45, 7) is 8.42. The van der Waals surface area contributed by atoms with Gasteiger partial charge in [0.05, 0.1) is 5.69 Å². The van der Waals surface area contributed by atoms with Crippen LogP contribution in [0.4, 0.5) is 10.2 Å². The molecule has 0 saturated carbocycles. The van der Waals surface area contributed by atoms with Crippen molar-refractivity contribution >= 4 is 17.4 Å². The summed E-state index contributed by atoms with van der Waals surface area (Å²) in [7, 11) is 0. The Morgan fingerprint density at radius 2 is 1.74 bits per heavy atom. The van der Waals surface area contributed by atoms with Crippen LogP contribution in [0.15, 0.2) is 30.3 Å². The van der Waals surface area contributed by atoms with Crippen LogP contribution in [0.1, 0.15) is 18.3 Å². The van der Waals surface area contributed by atoms with Gasteiger partial charge < -0.3 is 9.80 Å². The number of anilines is 1. The zero-order valence-corrected chi connectivity index (χ0v) is 15.7. The molecular formula is C20H22FN5O. The number of carbonyl (C=O) groups excluding carboxylic acids is 1. The van der Waals surface area contributed by atoms with Gasteiger partial charge in [0.25, 0.3) is 0 Å². The van der Waals surface area contributed by atoms with E-state index in [1.165, 1.54) is 12.1 Å². The summed E-state index contributed by atoms with van der Waals surface area (Å²) in [6, 6.07) is 8.45. The molecule has 6 nitrogen and oxygen atoms in total. The molecule has 140 valence electrons. The van der Waals surface area contributed by atoms with Crippen LogP contribution < -0.4 is 4.90 Å². The van der Waals surface area contributed by atoms with Crippen molar-refractivity contribution in [3.63, 3.8) is 0 Å². The summed E-state index contributed by atoms with van der Waals surface area (Å²) in [5.74, 6) is 0.817. The van der Waals surface area contributed by atoms with Gasteiger partial charge in [-0.15, -0.1) is 0 Å². The molecule has 1 amide bonds. The van der Waals surface area contributed by atoms with Gasteiger partial charge in [-0.2, -0.15) is 9.61 Å². The topological polar surface area (TPSA) is 53.7 Å². The Bertz CT molecular complexity index is 1000. The second kappa shape index (κ2) is 6.64. The standard InChI is InChI=1S/C20H22FN5O/c1-13-12-18(25-10-8-24(9-11-25)15(3)27)26-20(22-13)19(14(2)23-26)16-4-6-17(21)7-5-16/h4-7,12H,8-11H2,1-3H3. The Balaban J connectivity index is 1.78. The van der Waals surface area contributed by atoms with Crippen LogP contribution in [-0.4, -0.2) is 51.6 Å². The molecule has 1 aromatic carbocycles. The third kappa shape index (κ3) is 3.13. The molecule has 27 heavy (non-hydrogen) atoms. The predicted octanol–water partition coefficient (Wildman–Crippen LogP) is 2.82. The second-order valence-corrected chi connectivity index (χ2v) is 6.95. The van der Waals surface area contributed by atoms with Crippen molar-refractivity contribution in [1.82, 2.24) is 19.5 Å². The minimum Gasteiger partial charge on any atom is -0.353 e. The number of benzene rings is 1. The third-order valence-corrected chi connectivity index (χ3v) is 5.06. The van der Waals surface area contributed by atoms with Crippen LogP contribution in [0.3, 0.4) is 0 Å². The average Bonchev–Trinajstić information content (AvgIpc) is 2.97. The number of hydrogen-bond donors (Lipinski definition) is 0. The zero-order chi connectivity index (χ0) is 19.1. The quantitative estimate of drug-likeness (QED) is 0.699. The number of nitrogens with zero attached hydrogens (tertiary/aromatic N) is 5. The monoisotopic (exact) mass is 367 g/mol. The van der Waals surface area contributed by atoms with Gasteiger partial charge in [0.2, 0.25) is 5.91 Å². The molecule has 1 aliphatic rings. The Hall–Kier alpha value is -2.96. The van der Waals surface area contributed by atoms with Crippen molar-refractivity contribution in [1.29, 1.82) is 0 Å². The van der Waals surface area contributed by atoms with Crippen LogP contribution in [0.5, 0.6) is 0 Å². The molecular weight excluding hydrogens is 345 g/mol. The summed E-state index contributed by atoms with van der Waals surface area (Å²) in [5, 5.41) is 4.72. The maximum atomic E-state index is 13.3. The molecule has 0 aliphatic carbocycles. The van der Waals surface area contributed by atoms with Gasteiger partial charge >= 0.3 is 0 Å². The van der Waals surface area contributed by atoms with E-state index in [1.54, 1.807) is 19.1 Å². The van der Waals surface area contributed by atoms with Gasteiger partial charge in [-0.05, 0) is 31.5 Å². The fourth-order valence-electron chi connectivity index (χ4n) is 3.66. The van der Waals surface area contributed by atoms with Crippen LogP contribution in [0.2, 0.25) is 0 Å². The highest BCUT2D eigenvalue weighted by molar-refractivity contribution is 5.81. The molecule has 3 heterocycles. The van der Waals surface area contributed by atoms with E-state index in [0.717, 1.165) is 47.1 Å². The van der Waals surface area contributed by atoms with Gasteiger partial charge in [0.1, 0.15) is 11.6 Å². The first-order valence-corrected chi connectivity index (χ1v) is 9.07. The Kier molecular flexibility index (Phi) is 4.30. The molecule has 4 rings (SSSR count). The summed E-state index contributed by atoms with van der Waals surface area (Å²) in [5.41, 5.74) is 4.33. The minimum absolute atomic E-state index is 0.110. The molecule has 0 spiro atoms. The number of piperazine rings is 1. The maximum absolute atomic E-state index is 13.3. The number of hydrogen-bond acceptors (Lipinski definition) is 4. The molecule has 0 radical (unpaired) electrons. The summed E-state index contributed by atoms with van der Waals surface area (Å²) in [4.78, 5) is 20.4. The Labute approximate surface area is 157 Å². The van der Waals surface area contributed by atoms with Crippen molar-refractivity contribution in [3.05, 3.63) is 47.5 Å². The van der Waals surface area contributed by atoms with E-state index in [1.807, 2.05) is 29.3 Å². The third-order valence-electron chi connectivity index (χ3n) is 5.06. The molecule has 0 unspecified atom stereocenters. The molecule has 0 bridgehead atoms. The summed E-state index contributed by atoms with van der Waals surface area (Å²) in [6.07, 6.45) is 0. The van der Waals surface area contributed by atoms with Crippen molar-refractivity contribution in [3.8, 4) is 11.1 Å². The Morgan fingerprint density at radius 1 is 1.07 bits per heavy atom. The minimum atomic E-state index is -0.263. The van der Waals surface area contributed by atoms with Gasteiger partial charge in [0.15, 0.2) is 5.65 Å². The number of carbonyl (C=O) groups is 1. The second-order valence-electron chi connectivity index (χ2n) is 6.95. The highest BCUT2D eigenvalue weighted by Gasteiger charge is 2.23. The SMILES string of the molecule is CC(=O)N1CCN(c2cc(C)nc3c(-c4ccc(F)cc4)c(C)nn23)CC1. The van der Waals surface area contributed by atoms with Gasteiger partial charge in [-0.3, -0.25) is 4.79 Å². The highest BCUT2D eigenvalue weighted by Crippen LogP contribution is 2.30. The van der Waals surface area contributed by atoms with E-state index in [2.05, 4.69) is 4.90 Å². The van der Waals surface area contributed by atoms with Gasteiger partial charge in [-0.1, -0.05) is 12.1 Å². The lowest BCUT2D eigenvalue weighted by atomic mass is 10.1. The maximum Gasteiger partial charge on any atom is 0.219 e. The van der Waals surface area contributed by atoms with E-state index in [4.69, 9.17) is 10.1 Å². The van der Waals surface area contributed by atoms with Crippen LogP contribution in [0.25, 0.3) is 16.8 Å². The number of rotatable bonds is 2. The Morgan fingerprint density at radius 3 is 2.37 bits per heavy atom. The molecule has 0 atom stereocenters. The first kappa shape index (κ1) is 17.5. The molecule has 7 heteroatoms. The van der Waals surface area contributed by atoms with Crippen molar-refractivity contribution in [2.24, 2.45) is 0 Å². The zero-order valence-electron chi connectivity index (χ0n) is 15.7. The first-order valence-electron chi connectivity index (χ1n) is 9.07. The van der Waals surface area contributed by atoms with Crippen molar-refractivity contribution in [2.45, 2.75) is 20.8 Å². The van der Waals surface area contributed by atoms with E-state index in [0.29, 0.717) is 13.1 Å². The lowest BCUT2D eigenvalue weighted by molar-refractivity contribution is -0.129. The number of halogens is 1. The number of amides is 1. The molecule has 3 aromatic rings. The van der Waals surface area contributed by atoms with E-state index >= 15 is 0 Å². The molecule has 1 aliphatic heterocycles. The van der Waals surface area contributed by atoms with Gasteiger partial charge in [0, 0.05) is 50.4 Å². The van der Waals surface area contributed by atoms with Crippen molar-refractivity contribution in [2.75, 3.05) is 31.1 Å². The summed E-state index contributed by atoms with van der Waals surface area (Å²) < 4.78 is 15.2. The molecule has 2 aromatic heterocycles. The molecule has 1 fully saturated rings. The van der Waals surface area contributed by atoms with E-state index in [-0.39, 0.29) is 11.7 Å².